The van der Waals surface area contributed by atoms with E-state index in [0.29, 0.717) is 23.5 Å². The fraction of sp³-hybridized carbons (Fsp3) is 0.280. The molecule has 2 aromatic rings. The van der Waals surface area contributed by atoms with Crippen LogP contribution < -0.4 is 15.0 Å². The molecule has 3 amide bonds. The Morgan fingerprint density at radius 3 is 2.48 bits per heavy atom. The van der Waals surface area contributed by atoms with Gasteiger partial charge in [0.25, 0.3) is 5.91 Å². The van der Waals surface area contributed by atoms with Gasteiger partial charge in [-0.05, 0) is 48.7 Å². The minimum absolute atomic E-state index is 0.00134. The van der Waals surface area contributed by atoms with Crippen LogP contribution in [0.1, 0.15) is 23.7 Å². The van der Waals surface area contributed by atoms with Gasteiger partial charge in [-0.25, -0.2) is 4.79 Å². The lowest BCUT2D eigenvalue weighted by molar-refractivity contribution is -0.123. The molecule has 1 saturated heterocycles. The molecule has 170 valence electrons. The van der Waals surface area contributed by atoms with Crippen LogP contribution >= 0.6 is 0 Å². The quantitative estimate of drug-likeness (QED) is 0.414. The Hall–Kier alpha value is -3.94. The molecule has 0 aromatic heterocycles. The number of amides is 3. The normalized spacial score (nSPS) is 21.5. The third-order valence-electron chi connectivity index (χ3n) is 5.95. The van der Waals surface area contributed by atoms with E-state index in [2.05, 4.69) is 5.32 Å². The number of para-hydroxylation sites is 2. The van der Waals surface area contributed by atoms with Crippen LogP contribution in [0.3, 0.4) is 0 Å². The maximum absolute atomic E-state index is 12.9. The molecule has 0 spiro atoms. The molecule has 1 fully saturated rings. The second-order valence-corrected chi connectivity index (χ2v) is 8.04. The molecule has 2 aromatic carbocycles. The summed E-state index contributed by atoms with van der Waals surface area (Å²) < 4.78 is 10.3. The fourth-order valence-electron chi connectivity index (χ4n) is 4.30. The number of methoxy groups -OCH3 is 1. The molecule has 1 aliphatic carbocycles. The zero-order valence-corrected chi connectivity index (χ0v) is 18.3. The van der Waals surface area contributed by atoms with Gasteiger partial charge < -0.3 is 14.8 Å². The van der Waals surface area contributed by atoms with Gasteiger partial charge in [-0.15, -0.1) is 0 Å². The van der Waals surface area contributed by atoms with Crippen LogP contribution in [0.15, 0.2) is 60.7 Å². The SMILES string of the molecule is COc1ccccc1NC(=O)COC(=O)c1ccc(N2C(=O)[C@H]3[C@H](C)C=CC[C@H]3C2=O)cc1. The molecular weight excluding hydrogens is 424 g/mol. The van der Waals surface area contributed by atoms with Crippen molar-refractivity contribution < 1.29 is 28.7 Å². The number of esters is 1. The lowest BCUT2D eigenvalue weighted by Gasteiger charge is -2.22. The summed E-state index contributed by atoms with van der Waals surface area (Å²) in [6.45, 7) is 1.46. The smallest absolute Gasteiger partial charge is 0.338 e. The van der Waals surface area contributed by atoms with E-state index in [4.69, 9.17) is 9.47 Å². The van der Waals surface area contributed by atoms with Crippen molar-refractivity contribution in [3.05, 3.63) is 66.2 Å². The number of imide groups is 1. The predicted molar refractivity (Wildman–Crippen MR) is 121 cm³/mol. The Balaban J connectivity index is 1.37. The van der Waals surface area contributed by atoms with Gasteiger partial charge in [-0.3, -0.25) is 19.3 Å². The van der Waals surface area contributed by atoms with Crippen molar-refractivity contribution in [1.82, 2.24) is 0 Å². The van der Waals surface area contributed by atoms with Gasteiger partial charge in [-0.1, -0.05) is 31.2 Å². The highest BCUT2D eigenvalue weighted by atomic mass is 16.5. The van der Waals surface area contributed by atoms with Crippen molar-refractivity contribution in [2.24, 2.45) is 17.8 Å². The molecule has 8 nitrogen and oxygen atoms in total. The highest BCUT2D eigenvalue weighted by Crippen LogP contribution is 2.40. The monoisotopic (exact) mass is 448 g/mol. The van der Waals surface area contributed by atoms with E-state index in [1.54, 1.807) is 24.3 Å². The first-order valence-corrected chi connectivity index (χ1v) is 10.6. The van der Waals surface area contributed by atoms with E-state index < -0.39 is 18.5 Å². The number of rotatable bonds is 6. The molecule has 1 N–H and O–H groups in total. The minimum Gasteiger partial charge on any atom is -0.495 e. The maximum atomic E-state index is 12.9. The molecule has 2 aliphatic rings. The first kappa shape index (κ1) is 22.3. The molecule has 1 aliphatic heterocycles. The zero-order chi connectivity index (χ0) is 23.5. The molecule has 0 bridgehead atoms. The fourth-order valence-corrected chi connectivity index (χ4v) is 4.30. The van der Waals surface area contributed by atoms with E-state index in [1.165, 1.54) is 36.3 Å². The van der Waals surface area contributed by atoms with Crippen LogP contribution in [-0.4, -0.2) is 37.4 Å². The summed E-state index contributed by atoms with van der Waals surface area (Å²) >= 11 is 0. The molecule has 33 heavy (non-hydrogen) atoms. The second kappa shape index (κ2) is 9.28. The van der Waals surface area contributed by atoms with Crippen LogP contribution in [0.2, 0.25) is 0 Å². The van der Waals surface area contributed by atoms with Crippen LogP contribution in [0.5, 0.6) is 5.75 Å². The molecule has 3 atom stereocenters. The number of benzene rings is 2. The number of anilines is 2. The van der Waals surface area contributed by atoms with Crippen LogP contribution in [-0.2, 0) is 19.1 Å². The first-order chi connectivity index (χ1) is 15.9. The Morgan fingerprint density at radius 1 is 1.06 bits per heavy atom. The van der Waals surface area contributed by atoms with Gasteiger partial charge in [0.05, 0.1) is 35.9 Å². The number of hydrogen-bond donors (Lipinski definition) is 1. The Kier molecular flexibility index (Phi) is 6.26. The standard InChI is InChI=1S/C25H24N2O6/c1-15-6-5-7-18-22(15)24(30)27(23(18)29)17-12-10-16(11-13-17)25(31)33-14-21(28)26-19-8-3-4-9-20(19)32-2/h3-6,8-13,15,18,22H,7,14H2,1-2H3,(H,26,28)/t15-,18-,22+/m1/s1. The van der Waals surface area contributed by atoms with Gasteiger partial charge >= 0.3 is 5.97 Å². The third-order valence-corrected chi connectivity index (χ3v) is 5.95. The van der Waals surface area contributed by atoms with E-state index in [-0.39, 0.29) is 35.1 Å². The van der Waals surface area contributed by atoms with Gasteiger partial charge in [0, 0.05) is 0 Å². The Bertz CT molecular complexity index is 1120. The van der Waals surface area contributed by atoms with Crippen molar-refractivity contribution in [2.45, 2.75) is 13.3 Å². The molecule has 8 heteroatoms. The molecule has 1 heterocycles. The van der Waals surface area contributed by atoms with Crippen LogP contribution in [0, 0.1) is 17.8 Å². The predicted octanol–water partition coefficient (Wildman–Crippen LogP) is 3.19. The lowest BCUT2D eigenvalue weighted by Crippen LogP contribution is -2.31. The van der Waals surface area contributed by atoms with Crippen LogP contribution in [0.4, 0.5) is 11.4 Å². The lowest BCUT2D eigenvalue weighted by atomic mass is 9.78. The number of carbonyl (C=O) groups is 4. The summed E-state index contributed by atoms with van der Waals surface area (Å²) in [4.78, 5) is 51.4. The topological polar surface area (TPSA) is 102 Å². The summed E-state index contributed by atoms with van der Waals surface area (Å²) in [5.74, 6) is -1.84. The summed E-state index contributed by atoms with van der Waals surface area (Å²) in [6.07, 6.45) is 4.47. The number of allylic oxidation sites excluding steroid dienone is 2. The van der Waals surface area contributed by atoms with E-state index in [0.717, 1.165) is 0 Å². The number of hydrogen-bond acceptors (Lipinski definition) is 6. The van der Waals surface area contributed by atoms with Gasteiger partial charge in [0.1, 0.15) is 5.75 Å². The highest BCUT2D eigenvalue weighted by molar-refractivity contribution is 6.22. The second-order valence-electron chi connectivity index (χ2n) is 8.04. The first-order valence-electron chi connectivity index (χ1n) is 10.6. The number of fused-ring (bicyclic) bond motifs is 1. The van der Waals surface area contributed by atoms with Gasteiger partial charge in [-0.2, -0.15) is 0 Å². The van der Waals surface area contributed by atoms with Crippen molar-refractivity contribution in [3.8, 4) is 5.75 Å². The minimum atomic E-state index is -0.692. The van der Waals surface area contributed by atoms with E-state index in [1.807, 2.05) is 19.1 Å². The molecule has 0 radical (unpaired) electrons. The average molecular weight is 448 g/mol. The number of carbonyl (C=O) groups excluding carboxylic acids is 4. The zero-order valence-electron chi connectivity index (χ0n) is 18.3. The van der Waals surface area contributed by atoms with Crippen molar-refractivity contribution in [1.29, 1.82) is 0 Å². The summed E-state index contributed by atoms with van der Waals surface area (Å²) in [6, 6.07) is 12.9. The largest absolute Gasteiger partial charge is 0.495 e. The van der Waals surface area contributed by atoms with E-state index in [9.17, 15) is 19.2 Å². The highest BCUT2D eigenvalue weighted by Gasteiger charge is 2.50. The molecule has 0 saturated carbocycles. The van der Waals surface area contributed by atoms with Crippen molar-refractivity contribution in [2.75, 3.05) is 23.9 Å². The molecule has 4 rings (SSSR count). The Labute approximate surface area is 191 Å². The third kappa shape index (κ3) is 4.37. The van der Waals surface area contributed by atoms with Crippen molar-refractivity contribution >= 4 is 35.1 Å². The molecular formula is C25H24N2O6. The van der Waals surface area contributed by atoms with Crippen molar-refractivity contribution in [3.63, 3.8) is 0 Å². The number of ether oxygens (including phenoxy) is 2. The average Bonchev–Trinajstić information content (AvgIpc) is 3.08. The number of nitrogens with one attached hydrogen (secondary N) is 1. The number of nitrogens with zero attached hydrogens (tertiary/aromatic N) is 1. The van der Waals surface area contributed by atoms with Gasteiger partial charge in [0.15, 0.2) is 6.61 Å². The van der Waals surface area contributed by atoms with Crippen LogP contribution in [0.25, 0.3) is 0 Å². The summed E-state index contributed by atoms with van der Waals surface area (Å²) in [5.41, 5.74) is 1.09. The molecule has 0 unspecified atom stereocenters. The van der Waals surface area contributed by atoms with E-state index >= 15 is 0 Å². The van der Waals surface area contributed by atoms with Gasteiger partial charge in [0.2, 0.25) is 11.8 Å². The maximum Gasteiger partial charge on any atom is 0.338 e. The summed E-state index contributed by atoms with van der Waals surface area (Å²) in [7, 11) is 1.49. The summed E-state index contributed by atoms with van der Waals surface area (Å²) in [5, 5.41) is 2.62. The Morgan fingerprint density at radius 2 is 1.79 bits per heavy atom.